The summed E-state index contributed by atoms with van der Waals surface area (Å²) in [6.07, 6.45) is 12.9. The molecule has 0 aliphatic rings. The maximum Gasteiger partial charge on any atom is 0.251 e. The van der Waals surface area contributed by atoms with Crippen molar-refractivity contribution in [3.8, 4) is 0 Å². The maximum atomic E-state index is 12.3. The lowest BCUT2D eigenvalue weighted by molar-refractivity contribution is 0.0953. The molecule has 0 atom stereocenters. The Bertz CT molecular complexity index is 747. The number of carbonyl (C=O) groups is 1. The molecule has 0 saturated heterocycles. The number of carbonyl (C=O) groups excluding carboxylic acids is 1. The van der Waals surface area contributed by atoms with E-state index < -0.39 is 0 Å². The zero-order chi connectivity index (χ0) is 22.3. The van der Waals surface area contributed by atoms with Crippen molar-refractivity contribution >= 4 is 34.2 Å². The Hall–Kier alpha value is -1.60. The molecule has 0 unspecified atom stereocenters. The second-order valence-electron chi connectivity index (χ2n) is 8.17. The monoisotopic (exact) mass is 536 g/mol. The molecule has 4 nitrogen and oxygen atoms in total. The lowest BCUT2D eigenvalue weighted by Crippen LogP contribution is -2.24. The van der Waals surface area contributed by atoms with Crippen LogP contribution in [0.5, 0.6) is 0 Å². The molecule has 0 saturated carbocycles. The number of hydroxylamine groups is 1. The van der Waals surface area contributed by atoms with Crippen LogP contribution in [0.15, 0.2) is 48.5 Å². The van der Waals surface area contributed by atoms with Crippen molar-refractivity contribution in [2.24, 2.45) is 0 Å². The third-order valence-corrected chi connectivity index (χ3v) is 6.21. The Morgan fingerprint density at radius 2 is 1.39 bits per heavy atom. The number of hydrogen-bond acceptors (Lipinski definition) is 3. The van der Waals surface area contributed by atoms with E-state index in [2.05, 4.69) is 34.8 Å². The molecule has 0 fully saturated rings. The molecule has 1 amide bonds. The van der Waals surface area contributed by atoms with Gasteiger partial charge in [-0.3, -0.25) is 15.1 Å². The van der Waals surface area contributed by atoms with E-state index >= 15 is 0 Å². The lowest BCUT2D eigenvalue weighted by atomic mass is 10.1. The molecule has 2 aromatic rings. The summed E-state index contributed by atoms with van der Waals surface area (Å²) in [4.78, 5) is 12.3. The molecule has 0 radical (unpaired) electrons. The first-order chi connectivity index (χ1) is 15.1. The van der Waals surface area contributed by atoms with Crippen LogP contribution in [0.25, 0.3) is 0 Å². The third-order valence-electron chi connectivity index (χ3n) is 5.49. The summed E-state index contributed by atoms with van der Waals surface area (Å²) in [5.41, 5.74) is 2.36. The minimum atomic E-state index is -0.0269. The van der Waals surface area contributed by atoms with Crippen LogP contribution in [0.3, 0.4) is 0 Å². The summed E-state index contributed by atoms with van der Waals surface area (Å²) in [6, 6.07) is 15.1. The van der Waals surface area contributed by atoms with Crippen LogP contribution >= 0.6 is 22.6 Å². The van der Waals surface area contributed by atoms with Gasteiger partial charge in [-0.25, -0.2) is 0 Å². The van der Waals surface area contributed by atoms with Crippen LogP contribution in [-0.4, -0.2) is 17.7 Å². The number of halogens is 1. The molecule has 0 bridgehead atoms. The SMILES string of the molecule is CCCCCCCCCCCCNC(=O)c1ccc(CN(O)c2ccc(I)cc2)cc1. The molecule has 2 rings (SSSR count). The Morgan fingerprint density at radius 3 is 1.97 bits per heavy atom. The van der Waals surface area contributed by atoms with Crippen LogP contribution in [-0.2, 0) is 6.54 Å². The van der Waals surface area contributed by atoms with Gasteiger partial charge in [-0.05, 0) is 71.0 Å². The van der Waals surface area contributed by atoms with Crippen molar-refractivity contribution in [3.63, 3.8) is 0 Å². The Labute approximate surface area is 201 Å². The number of nitrogens with zero attached hydrogens (tertiary/aromatic N) is 1. The molecule has 0 aliphatic carbocycles. The van der Waals surface area contributed by atoms with Gasteiger partial charge >= 0.3 is 0 Å². The fraction of sp³-hybridized carbons (Fsp3) is 0.500. The molecule has 170 valence electrons. The predicted octanol–water partition coefficient (Wildman–Crippen LogP) is 7.34. The molecule has 2 N–H and O–H groups in total. The van der Waals surface area contributed by atoms with E-state index in [4.69, 9.17) is 0 Å². The largest absolute Gasteiger partial charge is 0.352 e. The fourth-order valence-corrected chi connectivity index (χ4v) is 3.91. The van der Waals surface area contributed by atoms with Crippen molar-refractivity contribution in [1.82, 2.24) is 5.32 Å². The number of rotatable bonds is 15. The molecular weight excluding hydrogens is 499 g/mol. The summed E-state index contributed by atoms with van der Waals surface area (Å²) < 4.78 is 1.13. The van der Waals surface area contributed by atoms with Gasteiger partial charge < -0.3 is 5.32 Å². The Kier molecular flexibility index (Phi) is 12.6. The highest BCUT2D eigenvalue weighted by molar-refractivity contribution is 14.1. The Balaban J connectivity index is 1.59. The number of anilines is 1. The Morgan fingerprint density at radius 1 is 0.839 bits per heavy atom. The molecule has 2 aromatic carbocycles. The molecule has 0 aliphatic heterocycles. The van der Waals surface area contributed by atoms with E-state index in [0.29, 0.717) is 12.1 Å². The van der Waals surface area contributed by atoms with Crippen LogP contribution in [0, 0.1) is 3.57 Å². The summed E-state index contributed by atoms with van der Waals surface area (Å²) in [5, 5.41) is 14.5. The van der Waals surface area contributed by atoms with E-state index in [9.17, 15) is 10.0 Å². The average molecular weight is 536 g/mol. The first kappa shape index (κ1) is 25.7. The molecular formula is C26H37IN2O2. The van der Waals surface area contributed by atoms with E-state index in [1.54, 1.807) is 0 Å². The molecule has 0 spiro atoms. The number of nitrogens with one attached hydrogen (secondary N) is 1. The normalized spacial score (nSPS) is 10.8. The van der Waals surface area contributed by atoms with Crippen LogP contribution < -0.4 is 10.4 Å². The molecule has 5 heteroatoms. The van der Waals surface area contributed by atoms with E-state index in [0.717, 1.165) is 27.8 Å². The van der Waals surface area contributed by atoms with Gasteiger partial charge in [0.15, 0.2) is 0 Å². The smallest absolute Gasteiger partial charge is 0.251 e. The van der Waals surface area contributed by atoms with Crippen molar-refractivity contribution in [3.05, 3.63) is 63.2 Å². The molecule has 31 heavy (non-hydrogen) atoms. The topological polar surface area (TPSA) is 52.6 Å². The van der Waals surface area contributed by atoms with Crippen molar-refractivity contribution in [2.45, 2.75) is 77.7 Å². The van der Waals surface area contributed by atoms with E-state index in [1.165, 1.54) is 62.9 Å². The highest BCUT2D eigenvalue weighted by Gasteiger charge is 2.07. The first-order valence-electron chi connectivity index (χ1n) is 11.7. The van der Waals surface area contributed by atoms with Crippen molar-refractivity contribution in [1.29, 1.82) is 0 Å². The predicted molar refractivity (Wildman–Crippen MR) is 138 cm³/mol. The van der Waals surface area contributed by atoms with Gasteiger partial charge in [-0.15, -0.1) is 0 Å². The lowest BCUT2D eigenvalue weighted by Gasteiger charge is -2.17. The summed E-state index contributed by atoms with van der Waals surface area (Å²) >= 11 is 2.24. The molecule has 0 aromatic heterocycles. The minimum absolute atomic E-state index is 0.0269. The number of amides is 1. The quantitative estimate of drug-likeness (QED) is 0.142. The zero-order valence-electron chi connectivity index (χ0n) is 18.8. The molecule has 0 heterocycles. The van der Waals surface area contributed by atoms with Crippen molar-refractivity contribution in [2.75, 3.05) is 11.6 Å². The number of unbranched alkanes of at least 4 members (excludes halogenated alkanes) is 9. The van der Waals surface area contributed by atoms with Gasteiger partial charge in [-0.1, -0.05) is 76.8 Å². The van der Waals surface area contributed by atoms with E-state index in [-0.39, 0.29) is 5.91 Å². The summed E-state index contributed by atoms with van der Waals surface area (Å²) in [7, 11) is 0. The van der Waals surface area contributed by atoms with Gasteiger partial charge in [-0.2, -0.15) is 0 Å². The van der Waals surface area contributed by atoms with Crippen molar-refractivity contribution < 1.29 is 10.0 Å². The highest BCUT2D eigenvalue weighted by Crippen LogP contribution is 2.17. The van der Waals surface area contributed by atoms with E-state index in [1.807, 2.05) is 48.5 Å². The minimum Gasteiger partial charge on any atom is -0.352 e. The summed E-state index contributed by atoms with van der Waals surface area (Å²) in [6.45, 7) is 3.36. The third kappa shape index (κ3) is 10.5. The highest BCUT2D eigenvalue weighted by atomic mass is 127. The number of benzene rings is 2. The second-order valence-corrected chi connectivity index (χ2v) is 9.41. The summed E-state index contributed by atoms with van der Waals surface area (Å²) in [5.74, 6) is -0.0269. The van der Waals surface area contributed by atoms with Gasteiger partial charge in [0.05, 0.1) is 12.2 Å². The first-order valence-corrected chi connectivity index (χ1v) is 12.8. The second kappa shape index (κ2) is 15.2. The van der Waals surface area contributed by atoms with Gasteiger partial charge in [0.2, 0.25) is 0 Å². The maximum absolute atomic E-state index is 12.3. The zero-order valence-corrected chi connectivity index (χ0v) is 20.9. The average Bonchev–Trinajstić information content (AvgIpc) is 2.78. The van der Waals surface area contributed by atoms with Gasteiger partial charge in [0, 0.05) is 15.7 Å². The standard InChI is InChI=1S/C26H37IN2O2/c1-2-3-4-5-6-7-8-9-10-11-20-28-26(30)23-14-12-22(13-15-23)21-29(31)25-18-16-24(27)17-19-25/h12-19,31H,2-11,20-21H2,1H3,(H,28,30). The van der Waals surface area contributed by atoms with Crippen LogP contribution in [0.2, 0.25) is 0 Å². The fourth-order valence-electron chi connectivity index (χ4n) is 3.56. The van der Waals surface area contributed by atoms with Gasteiger partial charge in [0.25, 0.3) is 5.91 Å². The van der Waals surface area contributed by atoms with Crippen LogP contribution in [0.1, 0.15) is 87.1 Å². The van der Waals surface area contributed by atoms with Gasteiger partial charge in [0.1, 0.15) is 0 Å². The number of hydrogen-bond donors (Lipinski definition) is 2. The van der Waals surface area contributed by atoms with Crippen LogP contribution in [0.4, 0.5) is 5.69 Å².